The number of aryl methyl sites for hydroxylation is 1. The van der Waals surface area contributed by atoms with E-state index in [0.717, 1.165) is 71.7 Å². The van der Waals surface area contributed by atoms with Gasteiger partial charge in [-0.15, -0.1) is 0 Å². The second-order valence-corrected chi connectivity index (χ2v) is 10.5. The molecular formula is C35H25FN4. The Morgan fingerprint density at radius 1 is 0.650 bits per heavy atom. The summed E-state index contributed by atoms with van der Waals surface area (Å²) in [5.41, 5.74) is 10.2. The maximum atomic E-state index is 14.6. The van der Waals surface area contributed by atoms with Crippen molar-refractivity contribution in [1.29, 1.82) is 0 Å². The van der Waals surface area contributed by atoms with Crippen LogP contribution >= 0.6 is 0 Å². The first kappa shape index (κ1) is 22.8. The molecule has 0 aliphatic carbocycles. The highest BCUT2D eigenvalue weighted by Crippen LogP contribution is 2.42. The predicted molar refractivity (Wildman–Crippen MR) is 161 cm³/mol. The Kier molecular flexibility index (Phi) is 4.95. The standard InChI is InChI=1S/C35H25FN4/c1-20-10-12-21(13-11-20)34-35-26(23-6-3-5-9-31(23)39-35)17-32(40-34)33(27-18-37-29-8-4-2-7-24(27)29)28-19-38-30-15-14-22(36)16-25(28)30/h2-19,33,37-39H,1H3. The maximum absolute atomic E-state index is 14.6. The van der Waals surface area contributed by atoms with Crippen molar-refractivity contribution in [3.05, 3.63) is 138 Å². The lowest BCUT2D eigenvalue weighted by atomic mass is 9.86. The van der Waals surface area contributed by atoms with Crippen LogP contribution in [0.1, 0.15) is 28.3 Å². The van der Waals surface area contributed by atoms with Crippen molar-refractivity contribution in [2.45, 2.75) is 12.8 Å². The van der Waals surface area contributed by atoms with Crippen molar-refractivity contribution in [3.63, 3.8) is 0 Å². The van der Waals surface area contributed by atoms with Gasteiger partial charge in [-0.05, 0) is 54.4 Å². The Hall–Kier alpha value is -5.16. The SMILES string of the molecule is Cc1ccc(-c2nc(C(c3c[nH]c4ccccc34)c3c[nH]c4ccc(F)cc34)cc3c2[nH]c2ccccc23)cc1. The van der Waals surface area contributed by atoms with E-state index in [1.165, 1.54) is 11.6 Å². The number of rotatable bonds is 4. The van der Waals surface area contributed by atoms with E-state index in [0.29, 0.717) is 0 Å². The molecule has 4 aromatic carbocycles. The van der Waals surface area contributed by atoms with Crippen molar-refractivity contribution >= 4 is 43.6 Å². The number of aromatic amines is 3. The van der Waals surface area contributed by atoms with E-state index < -0.39 is 0 Å². The largest absolute Gasteiger partial charge is 0.361 e. The molecule has 0 spiro atoms. The molecule has 40 heavy (non-hydrogen) atoms. The van der Waals surface area contributed by atoms with Crippen LogP contribution < -0.4 is 0 Å². The van der Waals surface area contributed by atoms with Gasteiger partial charge >= 0.3 is 0 Å². The van der Waals surface area contributed by atoms with Crippen LogP contribution in [0, 0.1) is 12.7 Å². The summed E-state index contributed by atoms with van der Waals surface area (Å²) in [6, 6.07) is 32.3. The zero-order chi connectivity index (χ0) is 26.8. The zero-order valence-corrected chi connectivity index (χ0v) is 21.8. The molecule has 0 saturated carbocycles. The molecule has 4 aromatic heterocycles. The molecule has 0 bridgehead atoms. The van der Waals surface area contributed by atoms with Crippen molar-refractivity contribution in [2.24, 2.45) is 0 Å². The highest BCUT2D eigenvalue weighted by molar-refractivity contribution is 6.11. The lowest BCUT2D eigenvalue weighted by molar-refractivity contribution is 0.629. The number of aromatic nitrogens is 4. The Labute approximate surface area is 229 Å². The van der Waals surface area contributed by atoms with Gasteiger partial charge in [0, 0.05) is 56.1 Å². The van der Waals surface area contributed by atoms with Gasteiger partial charge in [0.1, 0.15) is 5.82 Å². The fraction of sp³-hybridized carbons (Fsp3) is 0.0571. The number of benzene rings is 4. The van der Waals surface area contributed by atoms with Crippen LogP contribution in [0.15, 0.2) is 109 Å². The quantitative estimate of drug-likeness (QED) is 0.213. The first-order valence-electron chi connectivity index (χ1n) is 13.4. The van der Waals surface area contributed by atoms with Gasteiger partial charge in [0.05, 0.1) is 22.8 Å². The smallest absolute Gasteiger partial charge is 0.123 e. The number of nitrogens with zero attached hydrogens (tertiary/aromatic N) is 1. The summed E-state index contributed by atoms with van der Waals surface area (Å²) in [7, 11) is 0. The number of halogens is 1. The predicted octanol–water partition coefficient (Wildman–Crippen LogP) is 8.97. The van der Waals surface area contributed by atoms with E-state index in [1.807, 2.05) is 18.3 Å². The van der Waals surface area contributed by atoms with E-state index >= 15 is 0 Å². The van der Waals surface area contributed by atoms with E-state index in [1.54, 1.807) is 12.1 Å². The van der Waals surface area contributed by atoms with Crippen molar-refractivity contribution in [2.75, 3.05) is 0 Å². The van der Waals surface area contributed by atoms with E-state index in [4.69, 9.17) is 4.98 Å². The van der Waals surface area contributed by atoms with Gasteiger partial charge in [-0.2, -0.15) is 0 Å². The minimum atomic E-state index is -0.258. The molecule has 5 heteroatoms. The lowest BCUT2D eigenvalue weighted by Gasteiger charge is -2.18. The molecule has 0 fully saturated rings. The van der Waals surface area contributed by atoms with Gasteiger partial charge in [-0.3, -0.25) is 0 Å². The summed E-state index contributed by atoms with van der Waals surface area (Å²) >= 11 is 0. The molecule has 1 unspecified atom stereocenters. The van der Waals surface area contributed by atoms with Gasteiger partial charge in [-0.25, -0.2) is 9.37 Å². The molecule has 0 aliphatic rings. The lowest BCUT2D eigenvalue weighted by Crippen LogP contribution is -2.06. The normalized spacial score (nSPS) is 12.7. The Bertz CT molecular complexity index is 2200. The first-order valence-corrected chi connectivity index (χ1v) is 13.4. The number of hydrogen-bond acceptors (Lipinski definition) is 1. The van der Waals surface area contributed by atoms with E-state index in [2.05, 4.69) is 94.8 Å². The molecule has 0 aliphatic heterocycles. The third-order valence-corrected chi connectivity index (χ3v) is 8.06. The first-order chi connectivity index (χ1) is 19.6. The summed E-state index contributed by atoms with van der Waals surface area (Å²) in [6.07, 6.45) is 4.07. The van der Waals surface area contributed by atoms with Crippen molar-refractivity contribution in [1.82, 2.24) is 19.9 Å². The summed E-state index contributed by atoms with van der Waals surface area (Å²) in [6.45, 7) is 2.09. The number of H-pyrrole nitrogens is 3. The van der Waals surface area contributed by atoms with Crippen molar-refractivity contribution < 1.29 is 4.39 Å². The number of pyridine rings is 1. The van der Waals surface area contributed by atoms with Gasteiger partial charge in [-0.1, -0.05) is 66.2 Å². The van der Waals surface area contributed by atoms with Crippen molar-refractivity contribution in [3.8, 4) is 11.3 Å². The number of para-hydroxylation sites is 2. The van der Waals surface area contributed by atoms with Crippen LogP contribution in [0.2, 0.25) is 0 Å². The second-order valence-electron chi connectivity index (χ2n) is 10.5. The molecule has 192 valence electrons. The maximum Gasteiger partial charge on any atom is 0.123 e. The molecule has 8 rings (SSSR count). The monoisotopic (exact) mass is 520 g/mol. The highest BCUT2D eigenvalue weighted by Gasteiger charge is 2.27. The molecule has 0 saturated heterocycles. The average molecular weight is 521 g/mol. The Morgan fingerprint density at radius 3 is 2.12 bits per heavy atom. The van der Waals surface area contributed by atoms with Crippen LogP contribution in [0.5, 0.6) is 0 Å². The third kappa shape index (κ3) is 3.48. The zero-order valence-electron chi connectivity index (χ0n) is 21.8. The van der Waals surface area contributed by atoms with Gasteiger partial charge in [0.25, 0.3) is 0 Å². The van der Waals surface area contributed by atoms with Gasteiger partial charge < -0.3 is 15.0 Å². The Balaban J connectivity index is 1.48. The van der Waals surface area contributed by atoms with E-state index in [9.17, 15) is 4.39 Å². The number of hydrogen-bond donors (Lipinski definition) is 3. The van der Waals surface area contributed by atoms with Crippen LogP contribution in [-0.4, -0.2) is 19.9 Å². The van der Waals surface area contributed by atoms with Gasteiger partial charge in [0.2, 0.25) is 0 Å². The Morgan fingerprint density at radius 2 is 1.32 bits per heavy atom. The van der Waals surface area contributed by atoms with Gasteiger partial charge in [0.15, 0.2) is 0 Å². The highest BCUT2D eigenvalue weighted by atomic mass is 19.1. The molecule has 4 nitrogen and oxygen atoms in total. The molecule has 1 atom stereocenters. The molecule has 0 amide bonds. The van der Waals surface area contributed by atoms with Crippen LogP contribution in [0.4, 0.5) is 4.39 Å². The summed E-state index contributed by atoms with van der Waals surface area (Å²) in [5.74, 6) is -0.500. The summed E-state index contributed by atoms with van der Waals surface area (Å²) < 4.78 is 14.6. The molecular weight excluding hydrogens is 495 g/mol. The third-order valence-electron chi connectivity index (χ3n) is 8.06. The molecule has 0 radical (unpaired) electrons. The molecule has 3 N–H and O–H groups in total. The average Bonchev–Trinajstić information content (AvgIpc) is 3.69. The summed E-state index contributed by atoms with van der Waals surface area (Å²) in [5, 5.41) is 4.24. The van der Waals surface area contributed by atoms with Crippen LogP contribution in [0.25, 0.3) is 54.9 Å². The fourth-order valence-corrected chi connectivity index (χ4v) is 6.11. The number of nitrogens with one attached hydrogen (secondary N) is 3. The van der Waals surface area contributed by atoms with Crippen LogP contribution in [-0.2, 0) is 0 Å². The topological polar surface area (TPSA) is 60.3 Å². The van der Waals surface area contributed by atoms with Crippen LogP contribution in [0.3, 0.4) is 0 Å². The molecule has 4 heterocycles. The van der Waals surface area contributed by atoms with E-state index in [-0.39, 0.29) is 11.7 Å². The minimum Gasteiger partial charge on any atom is -0.361 e. The number of fused-ring (bicyclic) bond motifs is 5. The summed E-state index contributed by atoms with van der Waals surface area (Å²) in [4.78, 5) is 15.9. The fourth-order valence-electron chi connectivity index (χ4n) is 6.11. The minimum absolute atomic E-state index is 0.242. The molecule has 8 aromatic rings. The second kappa shape index (κ2) is 8.68.